The molecule has 1 N–H and O–H groups in total. The van der Waals surface area contributed by atoms with Crippen LogP contribution in [0.15, 0.2) is 47.4 Å². The summed E-state index contributed by atoms with van der Waals surface area (Å²) >= 11 is 5.81. The summed E-state index contributed by atoms with van der Waals surface area (Å²) in [7, 11) is -0.877. The van der Waals surface area contributed by atoms with Crippen molar-refractivity contribution in [2.75, 3.05) is 20.7 Å². The number of carbonyl (C=O) groups excluding carboxylic acids is 1. The maximum Gasteiger partial charge on any atom is 0.243 e. The van der Waals surface area contributed by atoms with Crippen LogP contribution >= 0.6 is 11.6 Å². The lowest BCUT2D eigenvalue weighted by molar-refractivity contribution is -0.121. The van der Waals surface area contributed by atoms with Gasteiger partial charge in [0.15, 0.2) is 0 Å². The van der Waals surface area contributed by atoms with Crippen molar-refractivity contribution in [3.8, 4) is 5.75 Å². The lowest BCUT2D eigenvalue weighted by Crippen LogP contribution is -2.38. The van der Waals surface area contributed by atoms with Gasteiger partial charge in [-0.1, -0.05) is 23.7 Å². The Morgan fingerprint density at radius 3 is 2.42 bits per heavy atom. The lowest BCUT2D eigenvalue weighted by atomic mass is 10.2. The van der Waals surface area contributed by atoms with E-state index in [1.807, 2.05) is 0 Å². The Balaban J connectivity index is 2.00. The Morgan fingerprint density at radius 1 is 1.19 bits per heavy atom. The largest absolute Gasteiger partial charge is 0.496 e. The number of sulfonamides is 1. The molecular weight excluding hydrogens is 376 g/mol. The molecule has 2 rings (SSSR count). The third-order valence-corrected chi connectivity index (χ3v) is 5.90. The summed E-state index contributed by atoms with van der Waals surface area (Å²) in [6, 6.07) is 11.6. The van der Waals surface area contributed by atoms with Gasteiger partial charge in [0.1, 0.15) is 5.75 Å². The molecule has 2 aromatic carbocycles. The van der Waals surface area contributed by atoms with Crippen LogP contribution in [0, 0.1) is 6.92 Å². The number of methoxy groups -OCH3 is 1. The molecule has 2 aromatic rings. The van der Waals surface area contributed by atoms with E-state index in [0.29, 0.717) is 22.9 Å². The number of hydrogen-bond acceptors (Lipinski definition) is 4. The van der Waals surface area contributed by atoms with Crippen LogP contribution in [-0.4, -0.2) is 39.3 Å². The minimum atomic E-state index is -3.77. The van der Waals surface area contributed by atoms with Crippen LogP contribution < -0.4 is 10.1 Å². The van der Waals surface area contributed by atoms with E-state index in [-0.39, 0.29) is 11.4 Å². The fraction of sp³-hybridized carbons (Fsp3) is 0.278. The highest BCUT2D eigenvalue weighted by Crippen LogP contribution is 2.23. The van der Waals surface area contributed by atoms with Crippen LogP contribution in [0.5, 0.6) is 5.75 Å². The quantitative estimate of drug-likeness (QED) is 0.780. The van der Waals surface area contributed by atoms with Gasteiger partial charge in [-0.05, 0) is 48.4 Å². The van der Waals surface area contributed by atoms with Gasteiger partial charge in [-0.15, -0.1) is 0 Å². The molecule has 0 heterocycles. The fourth-order valence-electron chi connectivity index (χ4n) is 2.34. The first-order valence-corrected chi connectivity index (χ1v) is 9.68. The maximum absolute atomic E-state index is 12.6. The summed E-state index contributed by atoms with van der Waals surface area (Å²) in [6.45, 7) is 1.78. The Hall–Kier alpha value is -2.09. The Kier molecular flexibility index (Phi) is 6.63. The monoisotopic (exact) mass is 396 g/mol. The number of rotatable bonds is 7. The van der Waals surface area contributed by atoms with Gasteiger partial charge in [-0.3, -0.25) is 4.79 Å². The lowest BCUT2D eigenvalue weighted by Gasteiger charge is -2.18. The zero-order valence-electron chi connectivity index (χ0n) is 14.8. The molecule has 0 saturated heterocycles. The molecule has 0 saturated carbocycles. The molecule has 1 amide bonds. The number of likely N-dealkylation sites (N-methyl/N-ethyl adjacent to an activating group) is 1. The number of nitrogens with one attached hydrogen (secondary N) is 1. The molecule has 0 fully saturated rings. The third-order valence-electron chi connectivity index (χ3n) is 3.84. The van der Waals surface area contributed by atoms with Crippen molar-refractivity contribution in [2.24, 2.45) is 0 Å². The van der Waals surface area contributed by atoms with Crippen LogP contribution in [0.1, 0.15) is 11.1 Å². The normalized spacial score (nSPS) is 11.4. The summed E-state index contributed by atoms with van der Waals surface area (Å²) in [4.78, 5) is 12.2. The van der Waals surface area contributed by atoms with Crippen molar-refractivity contribution >= 4 is 27.5 Å². The summed E-state index contributed by atoms with van der Waals surface area (Å²) in [5.41, 5.74) is 1.58. The van der Waals surface area contributed by atoms with Crippen molar-refractivity contribution in [3.63, 3.8) is 0 Å². The minimum Gasteiger partial charge on any atom is -0.496 e. The third kappa shape index (κ3) is 4.97. The van der Waals surface area contributed by atoms with Gasteiger partial charge in [0.25, 0.3) is 0 Å². The number of nitrogens with zero attached hydrogens (tertiary/aromatic N) is 1. The molecule has 0 spiro atoms. The number of aryl methyl sites for hydroxylation is 1. The molecule has 0 atom stereocenters. The molecule has 26 heavy (non-hydrogen) atoms. The standard InChI is InChI=1S/C18H21ClN2O4S/c1-13-10-16(8-9-17(13)25-3)26(23,24)21(2)12-18(22)20-11-14-4-6-15(19)7-5-14/h4-10H,11-12H2,1-3H3,(H,20,22). The topological polar surface area (TPSA) is 75.7 Å². The molecule has 6 nitrogen and oxygen atoms in total. The first-order valence-electron chi connectivity index (χ1n) is 7.86. The second kappa shape index (κ2) is 8.53. The molecule has 0 aliphatic carbocycles. The molecule has 0 unspecified atom stereocenters. The predicted molar refractivity (Wildman–Crippen MR) is 101 cm³/mol. The van der Waals surface area contributed by atoms with Gasteiger partial charge >= 0.3 is 0 Å². The van der Waals surface area contributed by atoms with Crippen molar-refractivity contribution in [1.82, 2.24) is 9.62 Å². The van der Waals surface area contributed by atoms with E-state index in [0.717, 1.165) is 9.87 Å². The minimum absolute atomic E-state index is 0.115. The molecule has 0 aromatic heterocycles. The molecule has 0 bridgehead atoms. The average molecular weight is 397 g/mol. The Labute approximate surface area is 158 Å². The predicted octanol–water partition coefficient (Wildman–Crippen LogP) is 2.59. The number of benzene rings is 2. The van der Waals surface area contributed by atoms with Gasteiger partial charge in [-0.25, -0.2) is 8.42 Å². The first-order chi connectivity index (χ1) is 12.2. The molecule has 0 aliphatic heterocycles. The summed E-state index contributed by atoms with van der Waals surface area (Å²) in [5.74, 6) is 0.212. The Bertz CT molecular complexity index is 883. The smallest absolute Gasteiger partial charge is 0.243 e. The van der Waals surface area contributed by atoms with Gasteiger partial charge in [0.2, 0.25) is 15.9 Å². The van der Waals surface area contributed by atoms with Crippen LogP contribution in [-0.2, 0) is 21.4 Å². The highest BCUT2D eigenvalue weighted by Gasteiger charge is 2.23. The van der Waals surface area contributed by atoms with Gasteiger partial charge in [0, 0.05) is 18.6 Å². The second-order valence-corrected chi connectivity index (χ2v) is 8.28. The van der Waals surface area contributed by atoms with E-state index in [1.54, 1.807) is 37.3 Å². The first kappa shape index (κ1) is 20.2. The number of halogens is 1. The zero-order valence-corrected chi connectivity index (χ0v) is 16.4. The number of ether oxygens (including phenoxy) is 1. The Morgan fingerprint density at radius 2 is 1.85 bits per heavy atom. The van der Waals surface area contributed by atoms with Crippen LogP contribution in [0.25, 0.3) is 0 Å². The summed E-state index contributed by atoms with van der Waals surface area (Å²) < 4.78 is 31.4. The average Bonchev–Trinajstić information content (AvgIpc) is 2.61. The maximum atomic E-state index is 12.6. The van der Waals surface area contributed by atoms with E-state index < -0.39 is 15.9 Å². The molecular formula is C18H21ClN2O4S. The van der Waals surface area contributed by atoms with E-state index in [2.05, 4.69) is 5.32 Å². The SMILES string of the molecule is COc1ccc(S(=O)(=O)N(C)CC(=O)NCc2ccc(Cl)cc2)cc1C. The summed E-state index contributed by atoms with van der Waals surface area (Å²) in [5, 5.41) is 3.31. The van der Waals surface area contributed by atoms with Crippen molar-refractivity contribution in [1.29, 1.82) is 0 Å². The highest BCUT2D eigenvalue weighted by atomic mass is 35.5. The highest BCUT2D eigenvalue weighted by molar-refractivity contribution is 7.89. The van der Waals surface area contributed by atoms with Gasteiger partial charge in [0.05, 0.1) is 18.6 Å². The number of amides is 1. The molecule has 0 aliphatic rings. The van der Waals surface area contributed by atoms with E-state index in [4.69, 9.17) is 16.3 Å². The van der Waals surface area contributed by atoms with Crippen molar-refractivity contribution < 1.29 is 17.9 Å². The number of carbonyl (C=O) groups is 1. The van der Waals surface area contributed by atoms with Crippen LogP contribution in [0.3, 0.4) is 0 Å². The van der Waals surface area contributed by atoms with Crippen LogP contribution in [0.4, 0.5) is 0 Å². The molecule has 8 heteroatoms. The fourth-order valence-corrected chi connectivity index (χ4v) is 3.68. The number of hydrogen-bond donors (Lipinski definition) is 1. The van der Waals surface area contributed by atoms with E-state index in [1.165, 1.54) is 26.3 Å². The van der Waals surface area contributed by atoms with Crippen molar-refractivity contribution in [3.05, 3.63) is 58.6 Å². The van der Waals surface area contributed by atoms with E-state index >= 15 is 0 Å². The van der Waals surface area contributed by atoms with Gasteiger partial charge in [-0.2, -0.15) is 4.31 Å². The second-order valence-electron chi connectivity index (χ2n) is 5.80. The van der Waals surface area contributed by atoms with Crippen LogP contribution in [0.2, 0.25) is 5.02 Å². The molecule has 140 valence electrons. The van der Waals surface area contributed by atoms with Gasteiger partial charge < -0.3 is 10.1 Å². The molecule has 0 radical (unpaired) electrons. The van der Waals surface area contributed by atoms with Crippen molar-refractivity contribution in [2.45, 2.75) is 18.4 Å². The zero-order chi connectivity index (χ0) is 19.3. The van der Waals surface area contributed by atoms with E-state index in [9.17, 15) is 13.2 Å². The summed E-state index contributed by atoms with van der Waals surface area (Å²) in [6.07, 6.45) is 0.